The third-order valence-electron chi connectivity index (χ3n) is 5.35. The molecule has 0 saturated carbocycles. The zero-order valence-electron chi connectivity index (χ0n) is 16.9. The minimum atomic E-state index is -0.676. The van der Waals surface area contributed by atoms with Crippen molar-refractivity contribution in [1.29, 1.82) is 0 Å². The maximum Gasteiger partial charge on any atom is 0.295 e. The molecule has 3 aromatic rings. The Morgan fingerprint density at radius 2 is 1.83 bits per heavy atom. The van der Waals surface area contributed by atoms with Crippen molar-refractivity contribution in [2.75, 3.05) is 27.2 Å². The summed E-state index contributed by atoms with van der Waals surface area (Å²) in [6.45, 7) is 0.964. The second-order valence-corrected chi connectivity index (χ2v) is 7.64. The van der Waals surface area contributed by atoms with Gasteiger partial charge in [0.15, 0.2) is 0 Å². The van der Waals surface area contributed by atoms with E-state index < -0.39 is 17.7 Å². The highest BCUT2D eigenvalue weighted by Crippen LogP contribution is 2.39. The predicted molar refractivity (Wildman–Crippen MR) is 116 cm³/mol. The number of likely N-dealkylation sites (N-methyl/N-ethyl adjacent to an activating group) is 1. The Balaban J connectivity index is 1.85. The van der Waals surface area contributed by atoms with Crippen LogP contribution in [0, 0.1) is 0 Å². The van der Waals surface area contributed by atoms with Crippen molar-refractivity contribution < 1.29 is 14.7 Å². The molecule has 1 saturated heterocycles. The summed E-state index contributed by atoms with van der Waals surface area (Å²) < 4.78 is 0. The van der Waals surface area contributed by atoms with Crippen molar-refractivity contribution in [2.24, 2.45) is 0 Å². The average Bonchev–Trinajstić information content (AvgIpc) is 3.02. The number of carbonyl (C=O) groups excluding carboxylic acids is 2. The van der Waals surface area contributed by atoms with Gasteiger partial charge in [0, 0.05) is 31.0 Å². The molecule has 4 rings (SSSR count). The second-order valence-electron chi connectivity index (χ2n) is 7.64. The lowest BCUT2D eigenvalue weighted by Gasteiger charge is -2.26. The number of aromatic nitrogens is 1. The zero-order valence-corrected chi connectivity index (χ0v) is 16.9. The van der Waals surface area contributed by atoms with Crippen LogP contribution in [0.3, 0.4) is 0 Å². The van der Waals surface area contributed by atoms with Crippen LogP contribution in [0.2, 0.25) is 0 Å². The minimum absolute atomic E-state index is 0.0991. The lowest BCUT2D eigenvalue weighted by Crippen LogP contribution is -2.35. The highest BCUT2D eigenvalue weighted by atomic mass is 16.3. The smallest absolute Gasteiger partial charge is 0.295 e. The fourth-order valence-electron chi connectivity index (χ4n) is 3.79. The second kappa shape index (κ2) is 8.08. The third kappa shape index (κ3) is 3.57. The predicted octanol–water partition coefficient (Wildman–Crippen LogP) is 3.22. The van der Waals surface area contributed by atoms with Crippen LogP contribution < -0.4 is 0 Å². The molecule has 6 nitrogen and oxygen atoms in total. The van der Waals surface area contributed by atoms with Crippen molar-refractivity contribution in [3.63, 3.8) is 0 Å². The number of aliphatic hydroxyl groups is 1. The van der Waals surface area contributed by atoms with Crippen LogP contribution in [-0.4, -0.2) is 58.8 Å². The van der Waals surface area contributed by atoms with E-state index in [1.807, 2.05) is 61.5 Å². The fraction of sp³-hybridized carbons (Fsp3) is 0.208. The van der Waals surface area contributed by atoms with E-state index in [9.17, 15) is 14.7 Å². The van der Waals surface area contributed by atoms with E-state index in [4.69, 9.17) is 0 Å². The summed E-state index contributed by atoms with van der Waals surface area (Å²) in [5, 5.41) is 13.1. The molecule has 0 radical (unpaired) electrons. The van der Waals surface area contributed by atoms with Crippen LogP contribution in [0.1, 0.15) is 17.2 Å². The Kier molecular flexibility index (Phi) is 5.33. The topological polar surface area (TPSA) is 73.7 Å². The number of benzene rings is 2. The molecule has 0 spiro atoms. The number of rotatable bonds is 5. The summed E-state index contributed by atoms with van der Waals surface area (Å²) in [6, 6.07) is 16.2. The standard InChI is InChI=1S/C24H23N3O3/c1-26(2)12-13-27-21(19-8-5-11-25-15-19)20(23(29)24(27)30)22(28)18-10-9-16-6-3-4-7-17(16)14-18/h3-11,14-15,21,28H,12-13H2,1-2H3/b22-20-. The van der Waals surface area contributed by atoms with Crippen molar-refractivity contribution in [2.45, 2.75) is 6.04 Å². The summed E-state index contributed by atoms with van der Waals surface area (Å²) in [4.78, 5) is 33.5. The molecule has 0 bridgehead atoms. The average molecular weight is 401 g/mol. The Morgan fingerprint density at radius 3 is 2.53 bits per heavy atom. The van der Waals surface area contributed by atoms with E-state index in [2.05, 4.69) is 4.98 Å². The summed E-state index contributed by atoms with van der Waals surface area (Å²) in [7, 11) is 3.81. The lowest BCUT2D eigenvalue weighted by atomic mass is 9.95. The Bertz CT molecular complexity index is 1140. The van der Waals surface area contributed by atoms with Crippen LogP contribution in [0.4, 0.5) is 0 Å². The van der Waals surface area contributed by atoms with Gasteiger partial charge in [-0.05, 0) is 42.6 Å². The van der Waals surface area contributed by atoms with Gasteiger partial charge in [0.2, 0.25) is 0 Å². The molecule has 30 heavy (non-hydrogen) atoms. The van der Waals surface area contributed by atoms with E-state index in [0.29, 0.717) is 24.2 Å². The van der Waals surface area contributed by atoms with Gasteiger partial charge in [-0.3, -0.25) is 14.6 Å². The van der Waals surface area contributed by atoms with Crippen molar-refractivity contribution in [3.8, 4) is 0 Å². The Labute approximate surface area is 175 Å². The molecular formula is C24H23N3O3. The summed E-state index contributed by atoms with van der Waals surface area (Å²) in [6.07, 6.45) is 3.27. The number of hydrogen-bond acceptors (Lipinski definition) is 5. The monoisotopic (exact) mass is 401 g/mol. The van der Waals surface area contributed by atoms with E-state index >= 15 is 0 Å². The number of pyridine rings is 1. The molecule has 152 valence electrons. The minimum Gasteiger partial charge on any atom is -0.507 e. The normalized spacial score (nSPS) is 18.5. The van der Waals surface area contributed by atoms with Crippen molar-refractivity contribution in [3.05, 3.63) is 83.7 Å². The number of ketones is 1. The van der Waals surface area contributed by atoms with Gasteiger partial charge in [-0.25, -0.2) is 0 Å². The molecular weight excluding hydrogens is 378 g/mol. The Morgan fingerprint density at radius 1 is 1.07 bits per heavy atom. The fourth-order valence-corrected chi connectivity index (χ4v) is 3.79. The van der Waals surface area contributed by atoms with Gasteiger partial charge in [-0.2, -0.15) is 0 Å². The highest BCUT2D eigenvalue weighted by Gasteiger charge is 2.46. The van der Waals surface area contributed by atoms with Gasteiger partial charge in [-0.15, -0.1) is 0 Å². The van der Waals surface area contributed by atoms with Gasteiger partial charge in [0.1, 0.15) is 5.76 Å². The maximum atomic E-state index is 13.0. The molecule has 1 aromatic heterocycles. The van der Waals surface area contributed by atoms with Gasteiger partial charge in [0.05, 0.1) is 11.6 Å². The number of hydrogen-bond donors (Lipinski definition) is 1. The first-order valence-corrected chi connectivity index (χ1v) is 9.79. The van der Waals surface area contributed by atoms with Crippen LogP contribution >= 0.6 is 0 Å². The van der Waals surface area contributed by atoms with Crippen LogP contribution in [0.25, 0.3) is 16.5 Å². The number of nitrogens with zero attached hydrogens (tertiary/aromatic N) is 3. The molecule has 1 aliphatic rings. The van der Waals surface area contributed by atoms with Crippen molar-refractivity contribution >= 4 is 28.2 Å². The quantitative estimate of drug-likeness (QED) is 0.404. The van der Waals surface area contributed by atoms with Crippen LogP contribution in [0.5, 0.6) is 0 Å². The number of Topliss-reactive ketones (excluding diaryl/α,β-unsaturated/α-hetero) is 1. The molecule has 6 heteroatoms. The number of amides is 1. The van der Waals surface area contributed by atoms with Gasteiger partial charge < -0.3 is 14.9 Å². The van der Waals surface area contributed by atoms with Crippen LogP contribution in [0.15, 0.2) is 72.6 Å². The molecule has 2 heterocycles. The van der Waals surface area contributed by atoms with Crippen LogP contribution in [-0.2, 0) is 9.59 Å². The molecule has 1 fully saturated rings. The largest absolute Gasteiger partial charge is 0.507 e. The zero-order chi connectivity index (χ0) is 21.3. The first kappa shape index (κ1) is 19.8. The molecule has 1 aliphatic heterocycles. The molecule has 1 amide bonds. The van der Waals surface area contributed by atoms with Gasteiger partial charge in [0.25, 0.3) is 11.7 Å². The molecule has 2 aromatic carbocycles. The summed E-state index contributed by atoms with van der Waals surface area (Å²) in [5.41, 5.74) is 1.30. The summed E-state index contributed by atoms with van der Waals surface area (Å²) in [5.74, 6) is -1.44. The number of carbonyl (C=O) groups is 2. The number of aliphatic hydroxyl groups excluding tert-OH is 1. The van der Waals surface area contributed by atoms with E-state index in [0.717, 1.165) is 10.8 Å². The first-order chi connectivity index (χ1) is 14.5. The third-order valence-corrected chi connectivity index (χ3v) is 5.35. The van der Waals surface area contributed by atoms with Crippen molar-refractivity contribution in [1.82, 2.24) is 14.8 Å². The maximum absolute atomic E-state index is 13.0. The summed E-state index contributed by atoms with van der Waals surface area (Å²) >= 11 is 0. The molecule has 1 unspecified atom stereocenters. The number of likely N-dealkylation sites (tertiary alicyclic amines) is 1. The van der Waals surface area contributed by atoms with E-state index in [1.165, 1.54) is 4.90 Å². The molecule has 1 atom stereocenters. The SMILES string of the molecule is CN(C)CCN1C(=O)C(=O)/C(=C(\O)c2ccc3ccccc3c2)C1c1cccnc1. The van der Waals surface area contributed by atoms with Gasteiger partial charge in [-0.1, -0.05) is 42.5 Å². The molecule has 0 aliphatic carbocycles. The highest BCUT2D eigenvalue weighted by molar-refractivity contribution is 6.46. The molecule has 1 N–H and O–H groups in total. The first-order valence-electron chi connectivity index (χ1n) is 9.79. The van der Waals surface area contributed by atoms with Gasteiger partial charge >= 0.3 is 0 Å². The Hall–Kier alpha value is -3.51. The lowest BCUT2D eigenvalue weighted by molar-refractivity contribution is -0.140. The van der Waals surface area contributed by atoms with E-state index in [-0.39, 0.29) is 11.3 Å². The number of fused-ring (bicyclic) bond motifs is 1. The van der Waals surface area contributed by atoms with E-state index in [1.54, 1.807) is 24.5 Å².